The van der Waals surface area contributed by atoms with Gasteiger partial charge in [0.15, 0.2) is 0 Å². The van der Waals surface area contributed by atoms with Crippen molar-refractivity contribution in [3.8, 4) is 0 Å². The maximum atomic E-state index is 11.5. The van der Waals surface area contributed by atoms with Crippen LogP contribution in [-0.4, -0.2) is 35.4 Å². The Bertz CT molecular complexity index is 436. The van der Waals surface area contributed by atoms with Gasteiger partial charge in [-0.25, -0.2) is 9.59 Å². The SMILES string of the molecule is O=C(O)C(=Cc1ccccc1)C(=O)OCCCO. The van der Waals surface area contributed by atoms with Crippen LogP contribution in [0.2, 0.25) is 0 Å². The number of carboxylic acid groups (broad SMARTS) is 1. The van der Waals surface area contributed by atoms with Crippen molar-refractivity contribution in [1.29, 1.82) is 0 Å². The first-order valence-electron chi connectivity index (χ1n) is 5.43. The molecule has 5 nitrogen and oxygen atoms in total. The van der Waals surface area contributed by atoms with Gasteiger partial charge in [-0.05, 0) is 11.6 Å². The Morgan fingerprint density at radius 1 is 1.22 bits per heavy atom. The largest absolute Gasteiger partial charge is 0.477 e. The molecule has 0 aliphatic heterocycles. The van der Waals surface area contributed by atoms with E-state index in [0.717, 1.165) is 0 Å². The van der Waals surface area contributed by atoms with Crippen LogP contribution in [0.3, 0.4) is 0 Å². The van der Waals surface area contributed by atoms with Gasteiger partial charge in [0.05, 0.1) is 6.61 Å². The first-order valence-corrected chi connectivity index (χ1v) is 5.43. The van der Waals surface area contributed by atoms with Crippen LogP contribution in [-0.2, 0) is 14.3 Å². The number of carbonyl (C=O) groups is 2. The van der Waals surface area contributed by atoms with Gasteiger partial charge in [0.2, 0.25) is 0 Å². The zero-order chi connectivity index (χ0) is 13.4. The molecule has 0 aliphatic carbocycles. The molecule has 0 radical (unpaired) electrons. The quantitative estimate of drug-likeness (QED) is 0.259. The fraction of sp³-hybridized carbons (Fsp3) is 0.231. The van der Waals surface area contributed by atoms with Gasteiger partial charge in [0.1, 0.15) is 5.57 Å². The summed E-state index contributed by atoms with van der Waals surface area (Å²) in [7, 11) is 0. The van der Waals surface area contributed by atoms with Crippen LogP contribution < -0.4 is 0 Å². The lowest BCUT2D eigenvalue weighted by molar-refractivity contribution is -0.144. The summed E-state index contributed by atoms with van der Waals surface area (Å²) < 4.78 is 4.73. The zero-order valence-electron chi connectivity index (χ0n) is 9.70. The molecule has 0 atom stereocenters. The van der Waals surface area contributed by atoms with E-state index in [2.05, 4.69) is 0 Å². The standard InChI is InChI=1S/C13H14O5/c14-7-4-8-18-13(17)11(12(15)16)9-10-5-2-1-3-6-10/h1-3,5-6,9,14H,4,7-8H2,(H,15,16). The van der Waals surface area contributed by atoms with Gasteiger partial charge in [0.25, 0.3) is 0 Å². The second-order valence-electron chi connectivity index (χ2n) is 3.49. The fourth-order valence-corrected chi connectivity index (χ4v) is 1.23. The van der Waals surface area contributed by atoms with Gasteiger partial charge < -0.3 is 14.9 Å². The molecule has 0 saturated heterocycles. The minimum absolute atomic E-state index is 0.00522. The average molecular weight is 250 g/mol. The van der Waals surface area contributed by atoms with Gasteiger partial charge in [-0.3, -0.25) is 0 Å². The Balaban J connectivity index is 2.80. The van der Waals surface area contributed by atoms with Gasteiger partial charge in [-0.1, -0.05) is 30.3 Å². The Hall–Kier alpha value is -2.14. The molecule has 96 valence electrons. The lowest BCUT2D eigenvalue weighted by atomic mass is 10.1. The number of ether oxygens (including phenoxy) is 1. The third-order valence-electron chi connectivity index (χ3n) is 2.10. The van der Waals surface area contributed by atoms with E-state index in [1.807, 2.05) is 0 Å². The van der Waals surface area contributed by atoms with Crippen LogP contribution in [0.15, 0.2) is 35.9 Å². The smallest absolute Gasteiger partial charge is 0.345 e. The maximum absolute atomic E-state index is 11.5. The van der Waals surface area contributed by atoms with E-state index in [9.17, 15) is 9.59 Å². The number of aliphatic hydroxyl groups excluding tert-OH is 1. The van der Waals surface area contributed by atoms with Crippen LogP contribution in [0.1, 0.15) is 12.0 Å². The van der Waals surface area contributed by atoms with Crippen molar-refractivity contribution in [3.05, 3.63) is 41.5 Å². The first-order chi connectivity index (χ1) is 8.65. The van der Waals surface area contributed by atoms with Crippen LogP contribution >= 0.6 is 0 Å². The number of hydrogen-bond donors (Lipinski definition) is 2. The van der Waals surface area contributed by atoms with E-state index in [4.69, 9.17) is 14.9 Å². The highest BCUT2D eigenvalue weighted by molar-refractivity contribution is 6.16. The van der Waals surface area contributed by atoms with E-state index in [-0.39, 0.29) is 19.6 Å². The van der Waals surface area contributed by atoms with Crippen LogP contribution in [0.5, 0.6) is 0 Å². The van der Waals surface area contributed by atoms with E-state index < -0.39 is 17.5 Å². The molecular weight excluding hydrogens is 236 g/mol. The lowest BCUT2D eigenvalue weighted by Crippen LogP contribution is -2.16. The van der Waals surface area contributed by atoms with Crippen LogP contribution in [0.4, 0.5) is 0 Å². The molecule has 0 bridgehead atoms. The average Bonchev–Trinajstić information content (AvgIpc) is 2.37. The number of aliphatic hydroxyl groups is 1. The number of benzene rings is 1. The van der Waals surface area contributed by atoms with Gasteiger partial charge in [-0.2, -0.15) is 0 Å². The highest BCUT2D eigenvalue weighted by atomic mass is 16.5. The molecule has 0 heterocycles. The third-order valence-corrected chi connectivity index (χ3v) is 2.10. The highest BCUT2D eigenvalue weighted by Gasteiger charge is 2.18. The van der Waals surface area contributed by atoms with Crippen molar-refractivity contribution in [2.45, 2.75) is 6.42 Å². The fourth-order valence-electron chi connectivity index (χ4n) is 1.23. The van der Waals surface area contributed by atoms with Gasteiger partial charge in [0, 0.05) is 13.0 Å². The summed E-state index contributed by atoms with van der Waals surface area (Å²) in [6.07, 6.45) is 1.54. The molecule has 0 aromatic heterocycles. The van der Waals surface area contributed by atoms with E-state index in [1.165, 1.54) is 6.08 Å². The van der Waals surface area contributed by atoms with Gasteiger partial charge in [-0.15, -0.1) is 0 Å². The Labute approximate surface area is 104 Å². The predicted molar refractivity (Wildman–Crippen MR) is 64.7 cm³/mol. The van der Waals surface area contributed by atoms with Gasteiger partial charge >= 0.3 is 11.9 Å². The molecule has 18 heavy (non-hydrogen) atoms. The second-order valence-corrected chi connectivity index (χ2v) is 3.49. The van der Waals surface area contributed by atoms with Crippen LogP contribution in [0.25, 0.3) is 6.08 Å². The molecule has 1 aromatic rings. The first kappa shape index (κ1) is 13.9. The Morgan fingerprint density at radius 2 is 1.89 bits per heavy atom. The molecule has 1 aromatic carbocycles. The molecule has 0 fully saturated rings. The Kier molecular flexibility index (Phi) is 5.60. The predicted octanol–water partition coefficient (Wildman–Crippen LogP) is 1.08. The summed E-state index contributed by atoms with van der Waals surface area (Å²) >= 11 is 0. The molecule has 5 heteroatoms. The van der Waals surface area contributed by atoms with E-state index in [1.54, 1.807) is 30.3 Å². The molecule has 0 unspecified atom stereocenters. The number of rotatable bonds is 6. The van der Waals surface area contributed by atoms with Crippen molar-refractivity contribution in [2.24, 2.45) is 0 Å². The number of esters is 1. The topological polar surface area (TPSA) is 83.8 Å². The van der Waals surface area contributed by atoms with Crippen molar-refractivity contribution in [2.75, 3.05) is 13.2 Å². The molecule has 0 saturated carbocycles. The number of carbonyl (C=O) groups excluding carboxylic acids is 1. The number of aliphatic carboxylic acids is 1. The molecule has 0 aliphatic rings. The second kappa shape index (κ2) is 7.24. The highest BCUT2D eigenvalue weighted by Crippen LogP contribution is 2.08. The maximum Gasteiger partial charge on any atom is 0.345 e. The summed E-state index contributed by atoms with van der Waals surface area (Å²) in [5.41, 5.74) is 0.174. The molecular formula is C13H14O5. The summed E-state index contributed by atoms with van der Waals surface area (Å²) in [5, 5.41) is 17.5. The minimum atomic E-state index is -1.34. The number of carboxylic acids is 1. The molecule has 0 spiro atoms. The summed E-state index contributed by atoms with van der Waals surface area (Å²) in [6, 6.07) is 8.63. The van der Waals surface area contributed by atoms with Crippen molar-refractivity contribution >= 4 is 18.0 Å². The van der Waals surface area contributed by atoms with E-state index in [0.29, 0.717) is 5.56 Å². The monoisotopic (exact) mass is 250 g/mol. The zero-order valence-corrected chi connectivity index (χ0v) is 9.70. The number of hydrogen-bond acceptors (Lipinski definition) is 4. The Morgan fingerprint density at radius 3 is 2.44 bits per heavy atom. The van der Waals surface area contributed by atoms with Crippen molar-refractivity contribution in [3.63, 3.8) is 0 Å². The normalized spacial score (nSPS) is 11.1. The van der Waals surface area contributed by atoms with E-state index >= 15 is 0 Å². The third kappa shape index (κ3) is 4.39. The summed E-state index contributed by atoms with van der Waals surface area (Å²) in [6.45, 7) is -0.118. The lowest BCUT2D eigenvalue weighted by Gasteiger charge is -2.04. The molecule has 1 rings (SSSR count). The van der Waals surface area contributed by atoms with Crippen LogP contribution in [0, 0.1) is 0 Å². The minimum Gasteiger partial charge on any atom is -0.477 e. The summed E-state index contributed by atoms with van der Waals surface area (Å²) in [4.78, 5) is 22.5. The summed E-state index contributed by atoms with van der Waals surface area (Å²) in [5.74, 6) is -2.24. The van der Waals surface area contributed by atoms with Crippen molar-refractivity contribution in [1.82, 2.24) is 0 Å². The van der Waals surface area contributed by atoms with Crippen molar-refractivity contribution < 1.29 is 24.5 Å². The molecule has 2 N–H and O–H groups in total. The molecule has 0 amide bonds.